The molecule has 8 heteroatoms. The summed E-state index contributed by atoms with van der Waals surface area (Å²) in [7, 11) is 0. The smallest absolute Gasteiger partial charge is 0.231 e. The number of nitrogens with two attached hydrogens (primary N) is 1. The molecule has 0 spiro atoms. The minimum Gasteiger partial charge on any atom is -0.468 e. The topological polar surface area (TPSA) is 90.3 Å². The lowest BCUT2D eigenvalue weighted by Crippen LogP contribution is -2.37. The van der Waals surface area contributed by atoms with Crippen molar-refractivity contribution >= 4 is 23.7 Å². The van der Waals surface area contributed by atoms with Gasteiger partial charge in [0.15, 0.2) is 5.16 Å². The fraction of sp³-hybridized carbons (Fsp3) is 0.417. The van der Waals surface area contributed by atoms with Crippen LogP contribution in [0.5, 0.6) is 0 Å². The van der Waals surface area contributed by atoms with Crippen LogP contribution in [0.15, 0.2) is 26.8 Å². The van der Waals surface area contributed by atoms with Crippen molar-refractivity contribution in [3.63, 3.8) is 0 Å². The van der Waals surface area contributed by atoms with Crippen LogP contribution >= 0.6 is 11.8 Å². The van der Waals surface area contributed by atoms with Crippen molar-refractivity contribution in [2.45, 2.75) is 17.0 Å². The number of nitrogens with zero attached hydrogens (tertiary/aromatic N) is 4. The van der Waals surface area contributed by atoms with Crippen LogP contribution in [0.3, 0.4) is 0 Å². The van der Waals surface area contributed by atoms with Crippen LogP contribution in [0.1, 0.15) is 5.76 Å². The Labute approximate surface area is 120 Å². The van der Waals surface area contributed by atoms with E-state index in [1.54, 1.807) is 6.26 Å². The van der Waals surface area contributed by atoms with Crippen molar-refractivity contribution in [2.24, 2.45) is 0 Å². The van der Waals surface area contributed by atoms with Gasteiger partial charge in [0, 0.05) is 13.1 Å². The Morgan fingerprint density at radius 1 is 1.25 bits per heavy atom. The number of hydrogen-bond donors (Lipinski definition) is 1. The van der Waals surface area contributed by atoms with Crippen LogP contribution in [0.4, 0.5) is 11.9 Å². The van der Waals surface area contributed by atoms with Gasteiger partial charge in [0.05, 0.1) is 24.4 Å². The van der Waals surface area contributed by atoms with Crippen molar-refractivity contribution in [1.29, 1.82) is 0 Å². The SMILES string of the molecule is Cc1occc1Sc1nc(N)nc(N2CCOCC2)n1. The van der Waals surface area contributed by atoms with Crippen molar-refractivity contribution < 1.29 is 9.15 Å². The summed E-state index contributed by atoms with van der Waals surface area (Å²) >= 11 is 1.42. The lowest BCUT2D eigenvalue weighted by molar-refractivity contribution is 0.122. The summed E-state index contributed by atoms with van der Waals surface area (Å²) < 4.78 is 10.6. The molecule has 2 aromatic heterocycles. The lowest BCUT2D eigenvalue weighted by Gasteiger charge is -2.26. The second kappa shape index (κ2) is 5.68. The molecule has 106 valence electrons. The third-order valence-corrected chi connectivity index (χ3v) is 3.94. The summed E-state index contributed by atoms with van der Waals surface area (Å²) in [6.45, 7) is 4.77. The lowest BCUT2D eigenvalue weighted by atomic mass is 10.4. The Balaban J connectivity index is 1.84. The molecular weight excluding hydrogens is 278 g/mol. The molecule has 0 radical (unpaired) electrons. The highest BCUT2D eigenvalue weighted by Gasteiger charge is 2.16. The third-order valence-electron chi connectivity index (χ3n) is 2.93. The van der Waals surface area contributed by atoms with Crippen molar-refractivity contribution in [3.8, 4) is 0 Å². The Morgan fingerprint density at radius 2 is 2.05 bits per heavy atom. The molecule has 3 rings (SSSR count). The molecule has 2 N–H and O–H groups in total. The number of hydrogen-bond acceptors (Lipinski definition) is 8. The van der Waals surface area contributed by atoms with Gasteiger partial charge in [-0.1, -0.05) is 0 Å². The van der Waals surface area contributed by atoms with Crippen molar-refractivity contribution in [1.82, 2.24) is 15.0 Å². The number of ether oxygens (including phenoxy) is 1. The van der Waals surface area contributed by atoms with Gasteiger partial charge in [-0.3, -0.25) is 0 Å². The summed E-state index contributed by atoms with van der Waals surface area (Å²) in [5.74, 6) is 1.66. The summed E-state index contributed by atoms with van der Waals surface area (Å²) in [4.78, 5) is 15.8. The number of anilines is 2. The van der Waals surface area contributed by atoms with Gasteiger partial charge in [0.2, 0.25) is 11.9 Å². The minimum atomic E-state index is 0.227. The Morgan fingerprint density at radius 3 is 2.75 bits per heavy atom. The largest absolute Gasteiger partial charge is 0.468 e. The molecule has 0 unspecified atom stereocenters. The van der Waals surface area contributed by atoms with Crippen LogP contribution in [-0.2, 0) is 4.74 Å². The summed E-state index contributed by atoms with van der Waals surface area (Å²) in [5.41, 5.74) is 5.78. The molecular formula is C12H15N5O2S. The number of morpholine rings is 1. The molecule has 1 fully saturated rings. The average Bonchev–Trinajstić information content (AvgIpc) is 2.85. The van der Waals surface area contributed by atoms with E-state index in [-0.39, 0.29) is 5.95 Å². The first-order chi connectivity index (χ1) is 9.72. The standard InChI is InChI=1S/C12H15N5O2S/c1-8-9(2-5-19-8)20-12-15-10(13)14-11(16-12)17-3-6-18-7-4-17/h2,5H,3-4,6-7H2,1H3,(H2,13,14,15,16). The molecule has 7 nitrogen and oxygen atoms in total. The highest BCUT2D eigenvalue weighted by atomic mass is 32.2. The summed E-state index contributed by atoms with van der Waals surface area (Å²) in [6.07, 6.45) is 1.64. The van der Waals surface area contributed by atoms with E-state index in [1.165, 1.54) is 11.8 Å². The Bertz CT molecular complexity index is 597. The van der Waals surface area contributed by atoms with Crippen molar-refractivity contribution in [2.75, 3.05) is 36.9 Å². The van der Waals surface area contributed by atoms with Gasteiger partial charge in [-0.25, -0.2) is 0 Å². The van der Waals surface area contributed by atoms with Gasteiger partial charge in [-0.05, 0) is 24.8 Å². The molecule has 0 bridgehead atoms. The maximum Gasteiger partial charge on any atom is 0.231 e. The first-order valence-electron chi connectivity index (χ1n) is 6.28. The van der Waals surface area contributed by atoms with E-state index < -0.39 is 0 Å². The molecule has 0 aliphatic carbocycles. The number of nitrogen functional groups attached to an aromatic ring is 1. The number of rotatable bonds is 3. The first kappa shape index (κ1) is 13.2. The number of furan rings is 1. The fourth-order valence-corrected chi connectivity index (χ4v) is 2.67. The van der Waals surface area contributed by atoms with Gasteiger partial charge >= 0.3 is 0 Å². The van der Waals surface area contributed by atoms with Crippen LogP contribution < -0.4 is 10.6 Å². The van der Waals surface area contributed by atoms with Gasteiger partial charge < -0.3 is 19.8 Å². The van der Waals surface area contributed by atoms with Gasteiger partial charge in [-0.15, -0.1) is 0 Å². The average molecular weight is 293 g/mol. The second-order valence-corrected chi connectivity index (χ2v) is 5.33. The Kier molecular flexibility index (Phi) is 3.75. The first-order valence-corrected chi connectivity index (χ1v) is 7.10. The van der Waals surface area contributed by atoms with Crippen LogP contribution in [0.25, 0.3) is 0 Å². The van der Waals surface area contributed by atoms with E-state index in [1.807, 2.05) is 17.9 Å². The molecule has 0 amide bonds. The highest BCUT2D eigenvalue weighted by Crippen LogP contribution is 2.29. The molecule has 2 aromatic rings. The van der Waals surface area contributed by atoms with Gasteiger partial charge in [0.25, 0.3) is 0 Å². The maximum atomic E-state index is 5.78. The zero-order valence-electron chi connectivity index (χ0n) is 11.1. The number of aryl methyl sites for hydroxylation is 1. The fourth-order valence-electron chi connectivity index (χ4n) is 1.89. The third kappa shape index (κ3) is 2.86. The zero-order valence-corrected chi connectivity index (χ0v) is 11.9. The molecule has 20 heavy (non-hydrogen) atoms. The molecule has 0 aromatic carbocycles. The molecule has 1 aliphatic heterocycles. The van der Waals surface area contributed by atoms with Crippen LogP contribution in [0.2, 0.25) is 0 Å². The van der Waals surface area contributed by atoms with Crippen LogP contribution in [-0.4, -0.2) is 41.3 Å². The van der Waals surface area contributed by atoms with Crippen LogP contribution in [0, 0.1) is 6.92 Å². The second-order valence-electron chi connectivity index (χ2n) is 4.32. The summed E-state index contributed by atoms with van der Waals surface area (Å²) in [5, 5.41) is 0.573. The predicted octanol–water partition coefficient (Wildman–Crippen LogP) is 1.34. The molecule has 0 saturated carbocycles. The van der Waals surface area contributed by atoms with E-state index in [0.29, 0.717) is 24.3 Å². The quantitative estimate of drug-likeness (QED) is 0.906. The minimum absolute atomic E-state index is 0.227. The van der Waals surface area contributed by atoms with E-state index in [4.69, 9.17) is 14.9 Å². The summed E-state index contributed by atoms with van der Waals surface area (Å²) in [6, 6.07) is 1.88. The molecule has 1 saturated heterocycles. The highest BCUT2D eigenvalue weighted by molar-refractivity contribution is 7.99. The maximum absolute atomic E-state index is 5.78. The number of aromatic nitrogens is 3. The van der Waals surface area contributed by atoms with E-state index >= 15 is 0 Å². The monoisotopic (exact) mass is 293 g/mol. The molecule has 3 heterocycles. The molecule has 0 atom stereocenters. The zero-order chi connectivity index (χ0) is 13.9. The van der Waals surface area contributed by atoms with E-state index in [9.17, 15) is 0 Å². The predicted molar refractivity (Wildman–Crippen MR) is 74.8 cm³/mol. The Hall–Kier alpha value is -1.80. The normalized spacial score (nSPS) is 15.6. The van der Waals surface area contributed by atoms with Gasteiger partial charge in [-0.2, -0.15) is 15.0 Å². The van der Waals surface area contributed by atoms with E-state index in [2.05, 4.69) is 15.0 Å². The van der Waals surface area contributed by atoms with Gasteiger partial charge in [0.1, 0.15) is 5.76 Å². The molecule has 1 aliphatic rings. The van der Waals surface area contributed by atoms with Crippen molar-refractivity contribution in [3.05, 3.63) is 18.1 Å². The van der Waals surface area contributed by atoms with E-state index in [0.717, 1.165) is 23.7 Å².